The number of hydrogen-bond acceptors (Lipinski definition) is 3. The van der Waals surface area contributed by atoms with Crippen LogP contribution in [0.5, 0.6) is 0 Å². The minimum atomic E-state index is -0.236. The topological polar surface area (TPSA) is 82.2 Å². The molecule has 3 rings (SSSR count). The van der Waals surface area contributed by atoms with Gasteiger partial charge in [0.15, 0.2) is 0 Å². The molecule has 0 radical (unpaired) electrons. The fraction of sp³-hybridized carbons (Fsp3) is 0.312. The first-order valence-electron chi connectivity index (χ1n) is 7.18. The monoisotopic (exact) mass is 296 g/mol. The van der Waals surface area contributed by atoms with Crippen LogP contribution < -0.4 is 0 Å². The van der Waals surface area contributed by atoms with E-state index in [1.54, 1.807) is 6.26 Å². The average Bonchev–Trinajstić information content (AvgIpc) is 3.18. The van der Waals surface area contributed by atoms with Crippen LogP contribution in [0.3, 0.4) is 0 Å². The Bertz CT molecular complexity index is 677. The van der Waals surface area contributed by atoms with E-state index < -0.39 is 0 Å². The minimum absolute atomic E-state index is 0.0587. The summed E-state index contributed by atoms with van der Waals surface area (Å²) in [7, 11) is 0. The molecule has 112 valence electrons. The summed E-state index contributed by atoms with van der Waals surface area (Å²) in [5.41, 5.74) is 9.45. The van der Waals surface area contributed by atoms with Gasteiger partial charge in [-0.1, -0.05) is 35.4 Å². The molecular weight excluding hydrogens is 280 g/mol. The summed E-state index contributed by atoms with van der Waals surface area (Å²) >= 11 is 0. The van der Waals surface area contributed by atoms with E-state index in [9.17, 15) is 4.79 Å². The molecule has 1 aromatic heterocycles. The quantitative estimate of drug-likeness (QED) is 0.480. The summed E-state index contributed by atoms with van der Waals surface area (Å²) in [4.78, 5) is 17.0. The number of rotatable bonds is 5. The Balaban J connectivity index is 1.90. The summed E-state index contributed by atoms with van der Waals surface area (Å²) < 4.78 is 5.55. The Morgan fingerprint density at radius 1 is 1.32 bits per heavy atom. The summed E-state index contributed by atoms with van der Waals surface area (Å²) in [6, 6.07) is 13.3. The third-order valence-corrected chi connectivity index (χ3v) is 3.88. The zero-order valence-corrected chi connectivity index (χ0v) is 12.0. The summed E-state index contributed by atoms with van der Waals surface area (Å²) in [5, 5.41) is 3.60. The molecule has 1 aromatic carbocycles. The Morgan fingerprint density at radius 3 is 2.82 bits per heavy atom. The van der Waals surface area contributed by atoms with Crippen molar-refractivity contribution < 1.29 is 9.21 Å². The number of carbonyl (C=O) groups excluding carboxylic acids is 1. The first-order chi connectivity index (χ1) is 10.8. The van der Waals surface area contributed by atoms with Gasteiger partial charge in [0.2, 0.25) is 5.91 Å². The zero-order chi connectivity index (χ0) is 15.4. The van der Waals surface area contributed by atoms with Gasteiger partial charge in [-0.2, -0.15) is 0 Å². The van der Waals surface area contributed by atoms with Crippen LogP contribution in [0.1, 0.15) is 23.8 Å². The third kappa shape index (κ3) is 2.82. The number of azide groups is 1. The van der Waals surface area contributed by atoms with E-state index in [0.717, 1.165) is 11.3 Å². The van der Waals surface area contributed by atoms with Crippen LogP contribution in [0.4, 0.5) is 0 Å². The van der Waals surface area contributed by atoms with Gasteiger partial charge in [-0.3, -0.25) is 4.79 Å². The molecule has 6 heteroatoms. The highest BCUT2D eigenvalue weighted by molar-refractivity contribution is 5.79. The lowest BCUT2D eigenvalue weighted by Gasteiger charge is -2.27. The second kappa shape index (κ2) is 6.37. The molecule has 22 heavy (non-hydrogen) atoms. The van der Waals surface area contributed by atoms with Gasteiger partial charge in [0, 0.05) is 24.4 Å². The van der Waals surface area contributed by atoms with Crippen LogP contribution in [-0.4, -0.2) is 23.9 Å². The lowest BCUT2D eigenvalue weighted by Crippen LogP contribution is -2.31. The normalized spacial score (nSPS) is 19.0. The molecule has 0 spiro atoms. The third-order valence-electron chi connectivity index (χ3n) is 3.88. The molecule has 1 fully saturated rings. The Hall–Kier alpha value is -2.72. The van der Waals surface area contributed by atoms with Crippen LogP contribution in [0.25, 0.3) is 10.4 Å². The standard InChI is InChI=1S/C16H16N4O2/c17-19-18-10-12-9-15(21)20(11-12)16(14-7-4-8-22-14)13-5-2-1-3-6-13/h1-8,12,16H,9-11H2. The maximum Gasteiger partial charge on any atom is 0.223 e. The van der Waals surface area contributed by atoms with Gasteiger partial charge in [-0.15, -0.1) is 0 Å². The molecule has 1 aliphatic heterocycles. The maximum atomic E-state index is 12.4. The Kier molecular flexibility index (Phi) is 4.12. The van der Waals surface area contributed by atoms with Crippen molar-refractivity contribution in [2.75, 3.05) is 13.1 Å². The van der Waals surface area contributed by atoms with Crippen LogP contribution in [0.15, 0.2) is 58.3 Å². The van der Waals surface area contributed by atoms with E-state index in [0.29, 0.717) is 19.5 Å². The molecule has 0 bridgehead atoms. The predicted octanol–water partition coefficient (Wildman–Crippen LogP) is 3.53. The van der Waals surface area contributed by atoms with E-state index in [4.69, 9.17) is 9.95 Å². The number of likely N-dealkylation sites (tertiary alicyclic amines) is 1. The van der Waals surface area contributed by atoms with E-state index in [1.165, 1.54) is 0 Å². The van der Waals surface area contributed by atoms with Crippen LogP contribution in [0, 0.1) is 5.92 Å². The van der Waals surface area contributed by atoms with Gasteiger partial charge in [0.1, 0.15) is 11.8 Å². The number of carbonyl (C=O) groups is 1. The first-order valence-corrected chi connectivity index (χ1v) is 7.18. The van der Waals surface area contributed by atoms with E-state index in [1.807, 2.05) is 47.4 Å². The predicted molar refractivity (Wildman–Crippen MR) is 80.8 cm³/mol. The average molecular weight is 296 g/mol. The molecule has 1 amide bonds. The summed E-state index contributed by atoms with van der Waals surface area (Å²) in [6.45, 7) is 0.913. The number of furan rings is 1. The van der Waals surface area contributed by atoms with Gasteiger partial charge < -0.3 is 9.32 Å². The SMILES string of the molecule is [N-]=[N+]=NCC1CC(=O)N(C(c2ccccc2)c2ccco2)C1. The van der Waals surface area contributed by atoms with Gasteiger partial charge >= 0.3 is 0 Å². The molecule has 6 nitrogen and oxygen atoms in total. The van der Waals surface area contributed by atoms with Gasteiger partial charge in [0.05, 0.1) is 6.26 Å². The molecule has 0 N–H and O–H groups in total. The van der Waals surface area contributed by atoms with Gasteiger partial charge in [-0.25, -0.2) is 0 Å². The van der Waals surface area contributed by atoms with Crippen molar-refractivity contribution >= 4 is 5.91 Å². The maximum absolute atomic E-state index is 12.4. The highest BCUT2D eigenvalue weighted by atomic mass is 16.3. The van der Waals surface area contributed by atoms with Crippen molar-refractivity contribution in [2.45, 2.75) is 12.5 Å². The number of hydrogen-bond donors (Lipinski definition) is 0. The van der Waals surface area contributed by atoms with Crippen LogP contribution in [0.2, 0.25) is 0 Å². The molecular formula is C16H16N4O2. The molecule has 0 saturated carbocycles. The molecule has 2 heterocycles. The number of nitrogens with zero attached hydrogens (tertiary/aromatic N) is 4. The highest BCUT2D eigenvalue weighted by Gasteiger charge is 2.36. The minimum Gasteiger partial charge on any atom is -0.467 e. The second-order valence-electron chi connectivity index (χ2n) is 5.36. The largest absolute Gasteiger partial charge is 0.467 e. The van der Waals surface area contributed by atoms with Crippen molar-refractivity contribution in [2.24, 2.45) is 11.0 Å². The van der Waals surface area contributed by atoms with Crippen molar-refractivity contribution in [3.8, 4) is 0 Å². The zero-order valence-electron chi connectivity index (χ0n) is 12.0. The van der Waals surface area contributed by atoms with E-state index in [-0.39, 0.29) is 17.9 Å². The van der Waals surface area contributed by atoms with Gasteiger partial charge in [0.25, 0.3) is 0 Å². The van der Waals surface area contributed by atoms with Crippen LogP contribution >= 0.6 is 0 Å². The molecule has 2 aromatic rings. The lowest BCUT2D eigenvalue weighted by atomic mass is 10.0. The molecule has 1 saturated heterocycles. The molecule has 0 aliphatic carbocycles. The van der Waals surface area contributed by atoms with E-state index >= 15 is 0 Å². The molecule has 2 unspecified atom stereocenters. The van der Waals surface area contributed by atoms with Crippen molar-refractivity contribution in [1.29, 1.82) is 0 Å². The van der Waals surface area contributed by atoms with Gasteiger partial charge in [-0.05, 0) is 29.1 Å². The second-order valence-corrected chi connectivity index (χ2v) is 5.36. The number of amides is 1. The summed E-state index contributed by atoms with van der Waals surface area (Å²) in [5.74, 6) is 0.858. The fourth-order valence-corrected chi connectivity index (χ4v) is 2.91. The molecule has 2 atom stereocenters. The molecule has 1 aliphatic rings. The first kappa shape index (κ1) is 14.2. The number of benzene rings is 1. The Morgan fingerprint density at radius 2 is 2.14 bits per heavy atom. The van der Waals surface area contributed by atoms with Crippen LogP contribution in [-0.2, 0) is 4.79 Å². The fourth-order valence-electron chi connectivity index (χ4n) is 2.91. The van der Waals surface area contributed by atoms with Crippen molar-refractivity contribution in [1.82, 2.24) is 4.90 Å². The highest BCUT2D eigenvalue weighted by Crippen LogP contribution is 2.34. The smallest absolute Gasteiger partial charge is 0.223 e. The lowest BCUT2D eigenvalue weighted by molar-refractivity contribution is -0.129. The summed E-state index contributed by atoms with van der Waals surface area (Å²) in [6.07, 6.45) is 2.02. The van der Waals surface area contributed by atoms with E-state index in [2.05, 4.69) is 10.0 Å². The van der Waals surface area contributed by atoms with Crippen molar-refractivity contribution in [3.63, 3.8) is 0 Å². The Labute approximate surface area is 128 Å². The van der Waals surface area contributed by atoms with Crippen molar-refractivity contribution in [3.05, 3.63) is 70.5 Å².